The Morgan fingerprint density at radius 1 is 0.667 bits per heavy atom. The highest BCUT2D eigenvalue weighted by molar-refractivity contribution is 5.77. The summed E-state index contributed by atoms with van der Waals surface area (Å²) in [5.41, 5.74) is 11.0. The molecule has 0 saturated heterocycles. The molecule has 0 aromatic carbocycles. The SMILES string of the molecule is CCC(C)OC(=O)[C@@H](N)CCC(=O)[O-].CCCCCCCCCC(CC)OC(=O)[C@@H](N)CCC(=O)[O-]. The molecule has 2 unspecified atom stereocenters. The second-order valence-electron chi connectivity index (χ2n) is 9.07. The fourth-order valence-electron chi connectivity index (χ4n) is 3.08. The van der Waals surface area contributed by atoms with Gasteiger partial charge in [0.05, 0.1) is 6.10 Å². The van der Waals surface area contributed by atoms with Crippen molar-refractivity contribution in [2.75, 3.05) is 0 Å². The van der Waals surface area contributed by atoms with Crippen LogP contribution in [-0.2, 0) is 28.7 Å². The third-order valence-corrected chi connectivity index (χ3v) is 5.68. The Hall–Kier alpha value is -2.20. The van der Waals surface area contributed by atoms with E-state index >= 15 is 0 Å². The van der Waals surface area contributed by atoms with Gasteiger partial charge < -0.3 is 40.7 Å². The Labute approximate surface area is 216 Å². The molecule has 4 atom stereocenters. The monoisotopic (exact) mass is 516 g/mol. The fraction of sp³-hybridized carbons (Fsp3) is 0.846. The molecule has 0 saturated carbocycles. The Bertz CT molecular complexity index is 615. The van der Waals surface area contributed by atoms with Crippen LogP contribution in [0.2, 0.25) is 0 Å². The van der Waals surface area contributed by atoms with Crippen molar-refractivity contribution in [1.29, 1.82) is 0 Å². The molecule has 0 fully saturated rings. The lowest BCUT2D eigenvalue weighted by Gasteiger charge is -2.19. The predicted octanol–water partition coefficient (Wildman–Crippen LogP) is 1.49. The third-order valence-electron chi connectivity index (χ3n) is 5.68. The number of aliphatic carboxylic acids is 2. The Morgan fingerprint density at radius 2 is 1.11 bits per heavy atom. The van der Waals surface area contributed by atoms with Crippen molar-refractivity contribution in [1.82, 2.24) is 0 Å². The van der Waals surface area contributed by atoms with E-state index in [1.807, 2.05) is 13.8 Å². The zero-order chi connectivity index (χ0) is 27.9. The maximum Gasteiger partial charge on any atom is 0.323 e. The number of nitrogens with two attached hydrogens (primary N) is 2. The first-order valence-electron chi connectivity index (χ1n) is 13.3. The lowest BCUT2D eigenvalue weighted by Crippen LogP contribution is -2.36. The van der Waals surface area contributed by atoms with Gasteiger partial charge in [-0.25, -0.2) is 0 Å². The van der Waals surface area contributed by atoms with Gasteiger partial charge in [-0.2, -0.15) is 0 Å². The van der Waals surface area contributed by atoms with Crippen molar-refractivity contribution >= 4 is 23.9 Å². The summed E-state index contributed by atoms with van der Waals surface area (Å²) in [5.74, 6) is -3.47. The van der Waals surface area contributed by atoms with E-state index in [1.54, 1.807) is 6.92 Å². The molecule has 0 bridgehead atoms. The average molecular weight is 517 g/mol. The number of carbonyl (C=O) groups excluding carboxylic acids is 4. The number of esters is 2. The minimum absolute atomic E-state index is 0.0532. The van der Waals surface area contributed by atoms with Crippen LogP contribution in [0, 0.1) is 0 Å². The summed E-state index contributed by atoms with van der Waals surface area (Å²) in [6, 6.07) is -1.75. The van der Waals surface area contributed by atoms with Crippen LogP contribution in [0.3, 0.4) is 0 Å². The molecule has 10 heteroatoms. The van der Waals surface area contributed by atoms with Crippen LogP contribution in [0.4, 0.5) is 0 Å². The van der Waals surface area contributed by atoms with Crippen LogP contribution >= 0.6 is 0 Å². The van der Waals surface area contributed by atoms with Crippen LogP contribution in [0.15, 0.2) is 0 Å². The molecule has 0 amide bonds. The number of unbranched alkanes of at least 4 members (excludes halogenated alkanes) is 6. The molecule has 0 rings (SSSR count). The van der Waals surface area contributed by atoms with Gasteiger partial charge in [-0.05, 0) is 58.3 Å². The number of rotatable bonds is 20. The third kappa shape index (κ3) is 22.3. The summed E-state index contributed by atoms with van der Waals surface area (Å²) in [4.78, 5) is 43.4. The highest BCUT2D eigenvalue weighted by Gasteiger charge is 2.19. The maximum absolute atomic E-state index is 11.8. The van der Waals surface area contributed by atoms with E-state index < -0.39 is 36.0 Å². The first kappa shape index (κ1) is 36.0. The van der Waals surface area contributed by atoms with Crippen molar-refractivity contribution in [2.45, 2.75) is 142 Å². The lowest BCUT2D eigenvalue weighted by molar-refractivity contribution is -0.307. The normalized spacial score (nSPS) is 13.9. The summed E-state index contributed by atoms with van der Waals surface area (Å²) in [6.45, 7) is 7.82. The van der Waals surface area contributed by atoms with Crippen LogP contribution in [0.5, 0.6) is 0 Å². The molecule has 10 nitrogen and oxygen atoms in total. The smallest absolute Gasteiger partial charge is 0.323 e. The van der Waals surface area contributed by atoms with Crippen molar-refractivity contribution in [3.05, 3.63) is 0 Å². The second kappa shape index (κ2) is 23.2. The molecule has 0 heterocycles. The van der Waals surface area contributed by atoms with Gasteiger partial charge in [-0.3, -0.25) is 9.59 Å². The topological polar surface area (TPSA) is 185 Å². The van der Waals surface area contributed by atoms with Gasteiger partial charge in [-0.15, -0.1) is 0 Å². The number of hydrogen-bond donors (Lipinski definition) is 2. The number of ether oxygens (including phenoxy) is 2. The molecule has 212 valence electrons. The van der Waals surface area contributed by atoms with Gasteiger partial charge in [0.1, 0.15) is 18.2 Å². The predicted molar refractivity (Wildman–Crippen MR) is 133 cm³/mol. The molecule has 36 heavy (non-hydrogen) atoms. The minimum atomic E-state index is -1.21. The van der Waals surface area contributed by atoms with E-state index in [-0.39, 0.29) is 37.9 Å². The largest absolute Gasteiger partial charge is 0.550 e. The van der Waals surface area contributed by atoms with Crippen molar-refractivity contribution in [3.8, 4) is 0 Å². The summed E-state index contributed by atoms with van der Waals surface area (Å²) < 4.78 is 10.3. The Balaban J connectivity index is 0. The van der Waals surface area contributed by atoms with Crippen LogP contribution in [-0.4, -0.2) is 48.2 Å². The molecule has 0 aromatic heterocycles. The van der Waals surface area contributed by atoms with Gasteiger partial charge in [0, 0.05) is 11.9 Å². The zero-order valence-corrected chi connectivity index (χ0v) is 22.6. The maximum atomic E-state index is 11.8. The van der Waals surface area contributed by atoms with Crippen molar-refractivity contribution in [2.24, 2.45) is 11.5 Å². The summed E-state index contributed by atoms with van der Waals surface area (Å²) in [5, 5.41) is 20.4. The molecule has 0 aromatic rings. The minimum Gasteiger partial charge on any atom is -0.550 e. The summed E-state index contributed by atoms with van der Waals surface area (Å²) >= 11 is 0. The highest BCUT2D eigenvalue weighted by atomic mass is 16.5. The molecule has 0 aliphatic carbocycles. The van der Waals surface area contributed by atoms with Gasteiger partial charge >= 0.3 is 11.9 Å². The van der Waals surface area contributed by atoms with Gasteiger partial charge in [-0.1, -0.05) is 59.3 Å². The molecular formula is C26H48N2O8-2. The number of hydrogen-bond acceptors (Lipinski definition) is 10. The van der Waals surface area contributed by atoms with Crippen LogP contribution in [0.1, 0.15) is 118 Å². The highest BCUT2D eigenvalue weighted by Crippen LogP contribution is 2.14. The van der Waals surface area contributed by atoms with Crippen molar-refractivity contribution in [3.63, 3.8) is 0 Å². The summed E-state index contributed by atoms with van der Waals surface area (Å²) in [6.07, 6.45) is 10.3. The van der Waals surface area contributed by atoms with E-state index in [0.29, 0.717) is 6.42 Å². The zero-order valence-electron chi connectivity index (χ0n) is 22.6. The van der Waals surface area contributed by atoms with Gasteiger partial charge in [0.15, 0.2) is 0 Å². The van der Waals surface area contributed by atoms with E-state index in [0.717, 1.165) is 25.7 Å². The second-order valence-corrected chi connectivity index (χ2v) is 9.07. The molecule has 0 radical (unpaired) electrons. The number of carboxylic acid groups (broad SMARTS) is 2. The van der Waals surface area contributed by atoms with E-state index in [4.69, 9.17) is 20.9 Å². The van der Waals surface area contributed by atoms with E-state index in [2.05, 4.69) is 6.92 Å². The molecule has 0 spiro atoms. The molecule has 4 N–H and O–H groups in total. The Kier molecular flexibility index (Phi) is 23.2. The Morgan fingerprint density at radius 3 is 1.53 bits per heavy atom. The number of carbonyl (C=O) groups is 4. The standard InChI is InChI=1S/C17H33NO4.C9H17NO4/c1-3-5-6-7-8-9-10-11-14(4-2)22-17(21)15(18)12-13-16(19)20;1-3-6(2)14-9(13)7(10)4-5-8(11)12/h14-15H,3-13,18H2,1-2H3,(H,19,20);6-7H,3-5,10H2,1-2H3,(H,11,12)/p-2/t14?,15-;6?,7-/m00/s1. The lowest BCUT2D eigenvalue weighted by atomic mass is 10.0. The fourth-order valence-corrected chi connectivity index (χ4v) is 3.08. The first-order valence-corrected chi connectivity index (χ1v) is 13.3. The van der Waals surface area contributed by atoms with E-state index in [1.165, 1.54) is 32.1 Å². The van der Waals surface area contributed by atoms with Gasteiger partial charge in [0.25, 0.3) is 0 Å². The van der Waals surface area contributed by atoms with Crippen molar-refractivity contribution < 1.29 is 38.9 Å². The molecule has 0 aliphatic rings. The average Bonchev–Trinajstić information content (AvgIpc) is 2.84. The van der Waals surface area contributed by atoms with Crippen LogP contribution in [0.25, 0.3) is 0 Å². The quantitative estimate of drug-likeness (QED) is 0.177. The molecular weight excluding hydrogens is 468 g/mol. The van der Waals surface area contributed by atoms with Gasteiger partial charge in [0.2, 0.25) is 0 Å². The molecule has 0 aliphatic heterocycles. The first-order chi connectivity index (χ1) is 17.0. The summed E-state index contributed by atoms with van der Waals surface area (Å²) in [7, 11) is 0. The van der Waals surface area contributed by atoms with E-state index in [9.17, 15) is 29.4 Å². The van der Waals surface area contributed by atoms with Crippen LogP contribution < -0.4 is 21.7 Å². The number of carboxylic acids is 2.